The first-order chi connectivity index (χ1) is 10.1. The topological polar surface area (TPSA) is 102 Å². The molecule has 0 fully saturated rings. The normalized spacial score (nSPS) is 10.5. The van der Waals surface area contributed by atoms with Crippen molar-refractivity contribution in [2.45, 2.75) is 6.92 Å². The summed E-state index contributed by atoms with van der Waals surface area (Å²) in [6, 6.07) is 8.69. The number of rotatable bonds is 1. The molecule has 0 atom stereocenters. The van der Waals surface area contributed by atoms with Gasteiger partial charge in [0.1, 0.15) is 11.6 Å². The predicted molar refractivity (Wildman–Crippen MR) is 77.9 cm³/mol. The van der Waals surface area contributed by atoms with Crippen LogP contribution >= 0.6 is 0 Å². The van der Waals surface area contributed by atoms with Gasteiger partial charge in [0.15, 0.2) is 0 Å². The molecule has 2 aromatic heterocycles. The molecular formula is C15H10N4O2. The molecule has 0 saturated carbocycles. The minimum atomic E-state index is -0.437. The molecule has 0 unspecified atom stereocenters. The molecule has 0 bridgehead atoms. The van der Waals surface area contributed by atoms with Gasteiger partial charge in [-0.3, -0.25) is 9.59 Å². The average Bonchev–Trinajstić information content (AvgIpc) is 2.46. The van der Waals surface area contributed by atoms with E-state index in [1.807, 2.05) is 6.07 Å². The van der Waals surface area contributed by atoms with E-state index in [9.17, 15) is 9.59 Å². The number of pyridine rings is 1. The zero-order chi connectivity index (χ0) is 15.0. The first-order valence-corrected chi connectivity index (χ1v) is 6.22. The van der Waals surface area contributed by atoms with Crippen LogP contribution in [0.25, 0.3) is 22.0 Å². The fourth-order valence-corrected chi connectivity index (χ4v) is 2.26. The molecule has 0 aliphatic rings. The second kappa shape index (κ2) is 4.72. The van der Waals surface area contributed by atoms with E-state index < -0.39 is 5.56 Å². The Kier molecular flexibility index (Phi) is 2.88. The molecule has 0 aliphatic heterocycles. The number of aromatic nitrogens is 3. The van der Waals surface area contributed by atoms with Crippen molar-refractivity contribution in [1.29, 1.82) is 5.26 Å². The van der Waals surface area contributed by atoms with Crippen LogP contribution in [0.1, 0.15) is 11.3 Å². The summed E-state index contributed by atoms with van der Waals surface area (Å²) in [6.45, 7) is 1.74. The quantitative estimate of drug-likeness (QED) is 0.703. The molecule has 0 amide bonds. The molecule has 0 saturated heterocycles. The second-order valence-corrected chi connectivity index (χ2v) is 4.65. The van der Waals surface area contributed by atoms with Gasteiger partial charge in [-0.05, 0) is 30.7 Å². The minimum absolute atomic E-state index is 0.0280. The summed E-state index contributed by atoms with van der Waals surface area (Å²) in [7, 11) is 0. The van der Waals surface area contributed by atoms with Gasteiger partial charge in [0, 0.05) is 11.3 Å². The van der Waals surface area contributed by atoms with E-state index in [0.29, 0.717) is 27.7 Å². The summed E-state index contributed by atoms with van der Waals surface area (Å²) in [5.74, 6) is 0. The lowest BCUT2D eigenvalue weighted by molar-refractivity contribution is 1.13. The van der Waals surface area contributed by atoms with Gasteiger partial charge in [0.05, 0.1) is 17.2 Å². The van der Waals surface area contributed by atoms with Gasteiger partial charge in [-0.25, -0.2) is 4.98 Å². The molecule has 0 aliphatic carbocycles. The van der Waals surface area contributed by atoms with Crippen molar-refractivity contribution in [3.63, 3.8) is 0 Å². The number of nitriles is 1. The van der Waals surface area contributed by atoms with E-state index in [2.05, 4.69) is 15.0 Å². The largest absolute Gasteiger partial charge is 0.325 e. The number of nitrogens with zero attached hydrogens (tertiary/aromatic N) is 2. The monoisotopic (exact) mass is 278 g/mol. The van der Waals surface area contributed by atoms with Crippen molar-refractivity contribution in [3.8, 4) is 17.2 Å². The molecule has 102 valence electrons. The highest BCUT2D eigenvalue weighted by atomic mass is 16.1. The molecular weight excluding hydrogens is 268 g/mol. The third-order valence-corrected chi connectivity index (χ3v) is 3.23. The third-order valence-electron chi connectivity index (χ3n) is 3.23. The third kappa shape index (κ3) is 2.11. The maximum Gasteiger partial charge on any atom is 0.266 e. The summed E-state index contributed by atoms with van der Waals surface area (Å²) in [4.78, 5) is 32.8. The molecule has 6 heteroatoms. The summed E-state index contributed by atoms with van der Waals surface area (Å²) in [5, 5.41) is 9.58. The van der Waals surface area contributed by atoms with Crippen molar-refractivity contribution in [2.24, 2.45) is 0 Å². The SMILES string of the molecule is Cc1cc(-c2ccc3nc[nH]c(=O)c3c2)c(C#N)c(=O)[nH]1. The molecule has 21 heavy (non-hydrogen) atoms. The number of hydrogen-bond donors (Lipinski definition) is 2. The van der Waals surface area contributed by atoms with E-state index in [4.69, 9.17) is 5.26 Å². The molecule has 2 heterocycles. The maximum atomic E-state index is 11.8. The Morgan fingerprint density at radius 1 is 1.19 bits per heavy atom. The van der Waals surface area contributed by atoms with Crippen LogP contribution in [0, 0.1) is 18.3 Å². The fourth-order valence-electron chi connectivity index (χ4n) is 2.26. The Bertz CT molecular complexity index is 1010. The highest BCUT2D eigenvalue weighted by Crippen LogP contribution is 2.24. The van der Waals surface area contributed by atoms with Crippen molar-refractivity contribution in [3.05, 3.63) is 62.6 Å². The standard InChI is InChI=1S/C15H10N4O2/c1-8-4-10(12(6-16)15(21)19-8)9-2-3-13-11(5-9)14(20)18-7-17-13/h2-5,7H,1H3,(H,19,21)(H,17,18,20). The number of nitrogens with one attached hydrogen (secondary N) is 2. The fraction of sp³-hybridized carbons (Fsp3) is 0.0667. The lowest BCUT2D eigenvalue weighted by Crippen LogP contribution is -2.13. The summed E-state index contributed by atoms with van der Waals surface area (Å²) < 4.78 is 0. The Morgan fingerprint density at radius 3 is 2.76 bits per heavy atom. The van der Waals surface area contributed by atoms with Gasteiger partial charge in [-0.1, -0.05) is 6.07 Å². The van der Waals surface area contributed by atoms with Gasteiger partial charge in [-0.2, -0.15) is 5.26 Å². The Hall–Kier alpha value is -3.20. The van der Waals surface area contributed by atoms with E-state index in [1.165, 1.54) is 6.33 Å². The van der Waals surface area contributed by atoms with Crippen LogP contribution in [0.5, 0.6) is 0 Å². The van der Waals surface area contributed by atoms with Crippen molar-refractivity contribution < 1.29 is 0 Å². The number of aromatic amines is 2. The minimum Gasteiger partial charge on any atom is -0.325 e. The maximum absolute atomic E-state index is 11.8. The van der Waals surface area contributed by atoms with E-state index in [-0.39, 0.29) is 11.1 Å². The number of fused-ring (bicyclic) bond motifs is 1. The van der Waals surface area contributed by atoms with Gasteiger partial charge in [-0.15, -0.1) is 0 Å². The molecule has 3 aromatic rings. The lowest BCUT2D eigenvalue weighted by Gasteiger charge is -2.06. The van der Waals surface area contributed by atoms with Crippen LogP contribution in [0.2, 0.25) is 0 Å². The van der Waals surface area contributed by atoms with E-state index in [0.717, 1.165) is 0 Å². The van der Waals surface area contributed by atoms with Crippen LogP contribution in [-0.2, 0) is 0 Å². The number of aryl methyl sites for hydroxylation is 1. The number of benzene rings is 1. The predicted octanol–water partition coefficient (Wildman–Crippen LogP) is 1.46. The van der Waals surface area contributed by atoms with Gasteiger partial charge in [0.2, 0.25) is 0 Å². The smallest absolute Gasteiger partial charge is 0.266 e. The van der Waals surface area contributed by atoms with Crippen LogP contribution in [0.4, 0.5) is 0 Å². The van der Waals surface area contributed by atoms with Gasteiger partial charge in [0.25, 0.3) is 11.1 Å². The van der Waals surface area contributed by atoms with Gasteiger partial charge < -0.3 is 9.97 Å². The lowest BCUT2D eigenvalue weighted by atomic mass is 10.00. The highest BCUT2D eigenvalue weighted by Gasteiger charge is 2.11. The molecule has 2 N–H and O–H groups in total. The summed E-state index contributed by atoms with van der Waals surface area (Å²) >= 11 is 0. The van der Waals surface area contributed by atoms with E-state index in [1.54, 1.807) is 31.2 Å². The van der Waals surface area contributed by atoms with Crippen LogP contribution in [-0.4, -0.2) is 15.0 Å². The molecule has 6 nitrogen and oxygen atoms in total. The Labute approximate surface area is 118 Å². The highest BCUT2D eigenvalue weighted by molar-refractivity contribution is 5.84. The number of H-pyrrole nitrogens is 2. The second-order valence-electron chi connectivity index (χ2n) is 4.65. The first kappa shape index (κ1) is 12.8. The van der Waals surface area contributed by atoms with Crippen LogP contribution < -0.4 is 11.1 Å². The van der Waals surface area contributed by atoms with Crippen molar-refractivity contribution in [1.82, 2.24) is 15.0 Å². The van der Waals surface area contributed by atoms with Gasteiger partial charge >= 0.3 is 0 Å². The zero-order valence-electron chi connectivity index (χ0n) is 11.1. The van der Waals surface area contributed by atoms with Crippen molar-refractivity contribution >= 4 is 10.9 Å². The Balaban J connectivity index is 2.36. The summed E-state index contributed by atoms with van der Waals surface area (Å²) in [5.41, 5.74) is 1.67. The molecule has 0 spiro atoms. The number of hydrogen-bond acceptors (Lipinski definition) is 4. The van der Waals surface area contributed by atoms with Crippen LogP contribution in [0.15, 0.2) is 40.2 Å². The summed E-state index contributed by atoms with van der Waals surface area (Å²) in [6.07, 6.45) is 1.34. The molecule has 1 aromatic carbocycles. The Morgan fingerprint density at radius 2 is 2.00 bits per heavy atom. The zero-order valence-corrected chi connectivity index (χ0v) is 11.1. The first-order valence-electron chi connectivity index (χ1n) is 6.22. The average molecular weight is 278 g/mol. The molecule has 0 radical (unpaired) electrons. The van der Waals surface area contributed by atoms with Crippen LogP contribution in [0.3, 0.4) is 0 Å². The van der Waals surface area contributed by atoms with Crippen molar-refractivity contribution in [2.75, 3.05) is 0 Å². The molecule has 3 rings (SSSR count). The van der Waals surface area contributed by atoms with E-state index >= 15 is 0 Å².